The van der Waals surface area contributed by atoms with Crippen molar-refractivity contribution in [3.05, 3.63) is 166 Å². The molecule has 1 aromatic heterocycles. The van der Waals surface area contributed by atoms with E-state index in [9.17, 15) is 14.4 Å². The van der Waals surface area contributed by atoms with Gasteiger partial charge >= 0.3 is 0 Å². The van der Waals surface area contributed by atoms with Crippen LogP contribution in [0, 0.1) is 0 Å². The third-order valence-electron chi connectivity index (χ3n) is 6.77. The van der Waals surface area contributed by atoms with Crippen LogP contribution < -0.4 is 5.43 Å². The number of hydrogen-bond donors (Lipinski definition) is 0. The monoisotopic (exact) mass is 506 g/mol. The van der Waals surface area contributed by atoms with E-state index in [2.05, 4.69) is 0 Å². The van der Waals surface area contributed by atoms with Crippen LogP contribution in [0.3, 0.4) is 0 Å². The third-order valence-corrected chi connectivity index (χ3v) is 6.77. The number of carbonyl (C=O) groups is 2. The first-order valence-electron chi connectivity index (χ1n) is 12.6. The highest BCUT2D eigenvalue weighted by atomic mass is 16.3. The van der Waals surface area contributed by atoms with Crippen molar-refractivity contribution in [1.82, 2.24) is 0 Å². The fourth-order valence-corrected chi connectivity index (χ4v) is 4.82. The van der Waals surface area contributed by atoms with Crippen LogP contribution in [-0.2, 0) is 0 Å². The lowest BCUT2D eigenvalue weighted by atomic mass is 9.92. The Morgan fingerprint density at radius 3 is 1.67 bits per heavy atom. The fraction of sp³-hybridized carbons (Fsp3) is 0. The lowest BCUT2D eigenvalue weighted by Crippen LogP contribution is -2.22. The van der Waals surface area contributed by atoms with Crippen molar-refractivity contribution in [3.8, 4) is 22.3 Å². The van der Waals surface area contributed by atoms with Crippen LogP contribution >= 0.6 is 0 Å². The van der Waals surface area contributed by atoms with Crippen molar-refractivity contribution in [2.75, 3.05) is 0 Å². The summed E-state index contributed by atoms with van der Waals surface area (Å²) in [6.45, 7) is 0. The molecule has 5 aromatic carbocycles. The SMILES string of the molecule is O=C(c1ccccc1)c1cc2ccoc2c(-c2ccc(-c3ccccc3)cc2)c(C(=O)c2ccccc2)c1=O. The normalized spacial score (nSPS) is 10.9. The highest BCUT2D eigenvalue weighted by Gasteiger charge is 2.26. The van der Waals surface area contributed by atoms with Gasteiger partial charge in [0.05, 0.1) is 17.4 Å². The number of carbonyl (C=O) groups excluding carboxylic acids is 2. The molecule has 0 atom stereocenters. The first kappa shape index (κ1) is 24.0. The highest BCUT2D eigenvalue weighted by Crippen LogP contribution is 2.34. The maximum absolute atomic E-state index is 14.2. The first-order chi connectivity index (χ1) is 19.1. The molecule has 0 amide bonds. The van der Waals surface area contributed by atoms with Gasteiger partial charge in [0.25, 0.3) is 0 Å². The van der Waals surface area contributed by atoms with Gasteiger partial charge in [-0.25, -0.2) is 0 Å². The molecule has 0 unspecified atom stereocenters. The average molecular weight is 507 g/mol. The van der Waals surface area contributed by atoms with Crippen LogP contribution in [0.25, 0.3) is 33.2 Å². The predicted octanol–water partition coefficient (Wildman–Crippen LogP) is 7.59. The summed E-state index contributed by atoms with van der Waals surface area (Å²) in [6, 6.07) is 38.0. The van der Waals surface area contributed by atoms with Crippen molar-refractivity contribution in [2.24, 2.45) is 0 Å². The van der Waals surface area contributed by atoms with Crippen LogP contribution in [0.1, 0.15) is 31.8 Å². The molecule has 6 rings (SSSR count). The Morgan fingerprint density at radius 2 is 1.05 bits per heavy atom. The number of ketones is 2. The van der Waals surface area contributed by atoms with Gasteiger partial charge < -0.3 is 4.42 Å². The molecule has 0 fully saturated rings. The van der Waals surface area contributed by atoms with Gasteiger partial charge in [-0.2, -0.15) is 0 Å². The van der Waals surface area contributed by atoms with E-state index < -0.39 is 17.0 Å². The summed E-state index contributed by atoms with van der Waals surface area (Å²) in [7, 11) is 0. The maximum atomic E-state index is 14.2. The minimum Gasteiger partial charge on any atom is -0.464 e. The maximum Gasteiger partial charge on any atom is 0.201 e. The van der Waals surface area contributed by atoms with Crippen LogP contribution in [0.15, 0.2) is 143 Å². The predicted molar refractivity (Wildman–Crippen MR) is 153 cm³/mol. The molecule has 0 N–H and O–H groups in total. The van der Waals surface area contributed by atoms with Crippen molar-refractivity contribution < 1.29 is 14.0 Å². The Morgan fingerprint density at radius 1 is 0.538 bits per heavy atom. The molecular formula is C35H22O4. The molecule has 0 aliphatic carbocycles. The average Bonchev–Trinajstić information content (AvgIpc) is 3.42. The summed E-state index contributed by atoms with van der Waals surface area (Å²) in [4.78, 5) is 41.8. The molecule has 6 aromatic rings. The molecule has 0 saturated heterocycles. The van der Waals surface area contributed by atoms with Crippen molar-refractivity contribution in [2.45, 2.75) is 0 Å². The van der Waals surface area contributed by atoms with Crippen LogP contribution in [0.5, 0.6) is 0 Å². The second kappa shape index (κ2) is 10.2. The van der Waals surface area contributed by atoms with E-state index in [0.29, 0.717) is 33.2 Å². The fourth-order valence-electron chi connectivity index (χ4n) is 4.82. The van der Waals surface area contributed by atoms with E-state index in [1.807, 2.05) is 54.6 Å². The van der Waals surface area contributed by atoms with Crippen molar-refractivity contribution in [1.29, 1.82) is 0 Å². The van der Waals surface area contributed by atoms with Gasteiger partial charge in [0.15, 0.2) is 11.6 Å². The summed E-state index contributed by atoms with van der Waals surface area (Å²) in [5, 5.41) is 0.556. The minimum atomic E-state index is -0.633. The number of hydrogen-bond acceptors (Lipinski definition) is 4. The molecule has 0 spiro atoms. The van der Waals surface area contributed by atoms with Gasteiger partial charge in [-0.15, -0.1) is 0 Å². The smallest absolute Gasteiger partial charge is 0.201 e. The zero-order valence-electron chi connectivity index (χ0n) is 20.8. The van der Waals surface area contributed by atoms with Crippen LogP contribution in [-0.4, -0.2) is 11.6 Å². The van der Waals surface area contributed by atoms with E-state index in [1.165, 1.54) is 12.3 Å². The second-order valence-electron chi connectivity index (χ2n) is 9.18. The molecule has 0 aliphatic rings. The number of fused-ring (bicyclic) bond motifs is 1. The molecule has 0 bridgehead atoms. The van der Waals surface area contributed by atoms with E-state index in [1.54, 1.807) is 66.7 Å². The Hall–Kier alpha value is -5.35. The van der Waals surface area contributed by atoms with Crippen molar-refractivity contribution >= 4 is 22.5 Å². The molecule has 39 heavy (non-hydrogen) atoms. The van der Waals surface area contributed by atoms with Gasteiger partial charge in [0.2, 0.25) is 5.43 Å². The van der Waals surface area contributed by atoms with Gasteiger partial charge in [-0.05, 0) is 28.8 Å². The summed E-state index contributed by atoms with van der Waals surface area (Å²) in [5.41, 5.74) is 3.31. The first-order valence-corrected chi connectivity index (χ1v) is 12.6. The molecule has 0 radical (unpaired) electrons. The molecule has 4 nitrogen and oxygen atoms in total. The zero-order chi connectivity index (χ0) is 26.8. The molecule has 0 aliphatic heterocycles. The summed E-state index contributed by atoms with van der Waals surface area (Å²) >= 11 is 0. The zero-order valence-corrected chi connectivity index (χ0v) is 20.8. The molecule has 4 heteroatoms. The summed E-state index contributed by atoms with van der Waals surface area (Å²) < 4.78 is 5.90. The molecule has 186 valence electrons. The number of rotatable bonds is 6. The minimum absolute atomic E-state index is 0.0842. The largest absolute Gasteiger partial charge is 0.464 e. The number of furan rings is 1. The quantitative estimate of drug-likeness (QED) is 0.218. The van der Waals surface area contributed by atoms with E-state index in [-0.39, 0.29) is 11.1 Å². The van der Waals surface area contributed by atoms with Gasteiger partial charge in [0, 0.05) is 22.1 Å². The Kier molecular flexibility index (Phi) is 6.28. The highest BCUT2D eigenvalue weighted by molar-refractivity contribution is 6.18. The van der Waals surface area contributed by atoms with Gasteiger partial charge in [0.1, 0.15) is 5.58 Å². The van der Waals surface area contributed by atoms with Crippen molar-refractivity contribution in [3.63, 3.8) is 0 Å². The molecule has 1 heterocycles. The van der Waals surface area contributed by atoms with E-state index in [4.69, 9.17) is 4.42 Å². The Bertz CT molecular complexity index is 1870. The lowest BCUT2D eigenvalue weighted by molar-refractivity contribution is 0.103. The summed E-state index contributed by atoms with van der Waals surface area (Å²) in [5.74, 6) is -0.925. The van der Waals surface area contributed by atoms with Crippen LogP contribution in [0.4, 0.5) is 0 Å². The Labute approximate surface area is 224 Å². The lowest BCUT2D eigenvalue weighted by Gasteiger charge is -2.09. The van der Waals surface area contributed by atoms with Gasteiger partial charge in [-0.3, -0.25) is 14.4 Å². The number of benzene rings is 4. The second-order valence-corrected chi connectivity index (χ2v) is 9.18. The standard InChI is InChI=1S/C35H22O4/c36-32(26-12-6-2-7-13-26)29-22-28-20-21-39-35(28)30(31(34(29)38)33(37)27-14-8-3-9-15-27)25-18-16-24(17-19-25)23-10-4-1-5-11-23/h1-22H. The Balaban J connectivity index is 1.65. The third kappa shape index (κ3) is 4.49. The van der Waals surface area contributed by atoms with E-state index >= 15 is 0 Å². The van der Waals surface area contributed by atoms with E-state index in [0.717, 1.165) is 11.1 Å². The molecular weight excluding hydrogens is 484 g/mol. The summed E-state index contributed by atoms with van der Waals surface area (Å²) in [6.07, 6.45) is 1.50. The molecule has 0 saturated carbocycles. The van der Waals surface area contributed by atoms with Gasteiger partial charge in [-0.1, -0.05) is 115 Å². The topological polar surface area (TPSA) is 64.3 Å². The van der Waals surface area contributed by atoms with Crippen LogP contribution in [0.2, 0.25) is 0 Å².